The summed E-state index contributed by atoms with van der Waals surface area (Å²) in [5.74, 6) is 0.539. The van der Waals surface area contributed by atoms with Crippen LogP contribution in [0.3, 0.4) is 0 Å². The number of hydrogen-bond acceptors (Lipinski definition) is 7. The number of methoxy groups -OCH3 is 2. The first kappa shape index (κ1) is 24.6. The molecule has 0 aliphatic carbocycles. The van der Waals surface area contributed by atoms with Crippen LogP contribution in [0.15, 0.2) is 42.7 Å². The Bertz CT molecular complexity index is 892. The molecule has 2 atom stereocenters. The Labute approximate surface area is 185 Å². The quantitative estimate of drug-likeness (QED) is 0.406. The van der Waals surface area contributed by atoms with Crippen LogP contribution in [0.4, 0.5) is 0 Å². The highest BCUT2D eigenvalue weighted by Gasteiger charge is 2.36. The summed E-state index contributed by atoms with van der Waals surface area (Å²) in [5.41, 5.74) is 1.82. The fourth-order valence-electron chi connectivity index (χ4n) is 3.23. The summed E-state index contributed by atoms with van der Waals surface area (Å²) in [6.07, 6.45) is 4.31. The maximum atomic E-state index is 12.7. The Morgan fingerprint density at radius 3 is 2.72 bits per heavy atom. The van der Waals surface area contributed by atoms with Crippen molar-refractivity contribution in [3.05, 3.63) is 53.9 Å². The van der Waals surface area contributed by atoms with Gasteiger partial charge < -0.3 is 30.0 Å². The molecule has 172 valence electrons. The minimum Gasteiger partial charge on any atom is -0.493 e. The molecule has 2 aromatic rings. The molecule has 10 nitrogen and oxygen atoms in total. The molecule has 0 radical (unpaired) electrons. The third-order valence-electron chi connectivity index (χ3n) is 4.70. The Balaban J connectivity index is 0.00000114. The molecule has 1 saturated heterocycles. The van der Waals surface area contributed by atoms with Gasteiger partial charge in [-0.05, 0) is 42.2 Å². The van der Waals surface area contributed by atoms with E-state index >= 15 is 0 Å². The van der Waals surface area contributed by atoms with Crippen molar-refractivity contribution in [2.24, 2.45) is 0 Å². The van der Waals surface area contributed by atoms with Gasteiger partial charge in [0.2, 0.25) is 5.91 Å². The van der Waals surface area contributed by atoms with E-state index in [1.54, 1.807) is 31.5 Å². The normalized spacial score (nSPS) is 17.2. The van der Waals surface area contributed by atoms with Gasteiger partial charge in [-0.25, -0.2) is 0 Å². The van der Waals surface area contributed by atoms with Gasteiger partial charge in [-0.3, -0.25) is 19.4 Å². The summed E-state index contributed by atoms with van der Waals surface area (Å²) in [7, 11) is 3.08. The molecule has 0 spiro atoms. The number of pyridine rings is 1. The van der Waals surface area contributed by atoms with Crippen molar-refractivity contribution in [2.45, 2.75) is 25.0 Å². The van der Waals surface area contributed by atoms with E-state index < -0.39 is 12.1 Å². The number of carbonyl (C=O) groups is 3. The van der Waals surface area contributed by atoms with Gasteiger partial charge in [0.05, 0.1) is 20.3 Å². The second-order valence-corrected chi connectivity index (χ2v) is 6.75. The third kappa shape index (κ3) is 6.95. The summed E-state index contributed by atoms with van der Waals surface area (Å²) >= 11 is 0. The molecule has 2 heterocycles. The molecule has 0 saturated carbocycles. The first-order chi connectivity index (χ1) is 15.5. The van der Waals surface area contributed by atoms with Crippen LogP contribution in [0, 0.1) is 0 Å². The van der Waals surface area contributed by atoms with E-state index in [2.05, 4.69) is 15.6 Å². The summed E-state index contributed by atoms with van der Waals surface area (Å²) in [4.78, 5) is 37.0. The van der Waals surface area contributed by atoms with Crippen LogP contribution >= 0.6 is 0 Å². The smallest absolute Gasteiger partial charge is 0.290 e. The average molecular weight is 445 g/mol. The maximum Gasteiger partial charge on any atom is 0.290 e. The van der Waals surface area contributed by atoms with Gasteiger partial charge in [0.15, 0.2) is 17.6 Å². The zero-order chi connectivity index (χ0) is 23.3. The zero-order valence-electron chi connectivity index (χ0n) is 17.9. The van der Waals surface area contributed by atoms with Crippen LogP contribution in [0.5, 0.6) is 11.5 Å². The first-order valence-corrected chi connectivity index (χ1v) is 9.91. The predicted molar refractivity (Wildman–Crippen MR) is 114 cm³/mol. The summed E-state index contributed by atoms with van der Waals surface area (Å²) < 4.78 is 16.1. The highest BCUT2D eigenvalue weighted by atomic mass is 16.5. The molecule has 1 aromatic heterocycles. The van der Waals surface area contributed by atoms with Crippen molar-refractivity contribution in [2.75, 3.05) is 27.4 Å². The fourth-order valence-corrected chi connectivity index (χ4v) is 3.23. The van der Waals surface area contributed by atoms with Crippen LogP contribution in [0.25, 0.3) is 0 Å². The molecule has 1 aliphatic rings. The van der Waals surface area contributed by atoms with E-state index in [-0.39, 0.29) is 24.9 Å². The Kier molecular flexibility index (Phi) is 9.92. The molecule has 0 bridgehead atoms. The highest BCUT2D eigenvalue weighted by molar-refractivity contribution is 5.86. The highest BCUT2D eigenvalue weighted by Crippen LogP contribution is 2.32. The van der Waals surface area contributed by atoms with Gasteiger partial charge in [-0.2, -0.15) is 0 Å². The summed E-state index contributed by atoms with van der Waals surface area (Å²) in [5, 5.41) is 12.6. The molecule has 1 aromatic carbocycles. The van der Waals surface area contributed by atoms with Crippen LogP contribution in [-0.2, 0) is 25.5 Å². The number of carbonyl (C=O) groups excluding carboxylic acids is 2. The fraction of sp³-hybridized carbons (Fsp3) is 0.364. The van der Waals surface area contributed by atoms with E-state index in [9.17, 15) is 9.59 Å². The van der Waals surface area contributed by atoms with E-state index in [1.807, 2.05) is 18.3 Å². The molecule has 3 rings (SSSR count). The molecule has 1 aliphatic heterocycles. The number of rotatable bonds is 8. The number of hydrogen-bond donors (Lipinski definition) is 3. The number of nitrogens with one attached hydrogen (secondary N) is 2. The molecule has 0 unspecified atom stereocenters. The SMILES string of the molecule is COc1ccc([C@H]2NC(=O)CO[C@@H]2C(=O)NCCCc2cccnc2)cc1OC.O=CO. The van der Waals surface area contributed by atoms with Crippen LogP contribution < -0.4 is 20.1 Å². The van der Waals surface area contributed by atoms with Gasteiger partial charge >= 0.3 is 0 Å². The van der Waals surface area contributed by atoms with E-state index in [0.717, 1.165) is 18.4 Å². The first-order valence-electron chi connectivity index (χ1n) is 9.91. The molecule has 1 fully saturated rings. The average Bonchev–Trinajstić information content (AvgIpc) is 2.82. The van der Waals surface area contributed by atoms with Crippen molar-refractivity contribution in [1.82, 2.24) is 15.6 Å². The van der Waals surface area contributed by atoms with Gasteiger partial charge in [0, 0.05) is 18.9 Å². The molecule has 2 amide bonds. The summed E-state index contributed by atoms with van der Waals surface area (Å²) in [6, 6.07) is 8.53. The molecule has 32 heavy (non-hydrogen) atoms. The van der Waals surface area contributed by atoms with Crippen LogP contribution in [0.2, 0.25) is 0 Å². The van der Waals surface area contributed by atoms with Crippen molar-refractivity contribution in [1.29, 1.82) is 0 Å². The number of aryl methyl sites for hydroxylation is 1. The topological polar surface area (TPSA) is 136 Å². The minimum atomic E-state index is -0.829. The van der Waals surface area contributed by atoms with E-state index in [1.165, 1.54) is 7.11 Å². The van der Waals surface area contributed by atoms with Crippen molar-refractivity contribution in [3.63, 3.8) is 0 Å². The number of morpholine rings is 1. The molecule has 3 N–H and O–H groups in total. The van der Waals surface area contributed by atoms with Gasteiger partial charge in [-0.15, -0.1) is 0 Å². The predicted octanol–water partition coefficient (Wildman–Crippen LogP) is 1.10. The minimum absolute atomic E-state index is 0.155. The van der Waals surface area contributed by atoms with Crippen molar-refractivity contribution in [3.8, 4) is 11.5 Å². The number of nitrogens with zero attached hydrogens (tertiary/aromatic N) is 1. The largest absolute Gasteiger partial charge is 0.493 e. The second-order valence-electron chi connectivity index (χ2n) is 6.75. The Morgan fingerprint density at radius 2 is 2.06 bits per heavy atom. The molecular formula is C22H27N3O7. The Hall–Kier alpha value is -3.66. The van der Waals surface area contributed by atoms with E-state index in [0.29, 0.717) is 23.6 Å². The number of ether oxygens (including phenoxy) is 3. The lowest BCUT2D eigenvalue weighted by atomic mass is 9.98. The lowest BCUT2D eigenvalue weighted by Crippen LogP contribution is -2.52. The van der Waals surface area contributed by atoms with Crippen molar-refractivity contribution >= 4 is 18.3 Å². The Morgan fingerprint density at radius 1 is 1.31 bits per heavy atom. The van der Waals surface area contributed by atoms with Gasteiger partial charge in [0.1, 0.15) is 6.61 Å². The summed E-state index contributed by atoms with van der Waals surface area (Å²) in [6.45, 7) is 0.0950. The van der Waals surface area contributed by atoms with Crippen LogP contribution in [-0.4, -0.2) is 61.9 Å². The number of amides is 2. The van der Waals surface area contributed by atoms with Crippen molar-refractivity contribution < 1.29 is 33.7 Å². The van der Waals surface area contributed by atoms with E-state index in [4.69, 9.17) is 24.1 Å². The third-order valence-corrected chi connectivity index (χ3v) is 4.70. The maximum absolute atomic E-state index is 12.7. The number of aromatic nitrogens is 1. The zero-order valence-corrected chi connectivity index (χ0v) is 17.9. The molecular weight excluding hydrogens is 418 g/mol. The number of benzene rings is 1. The van der Waals surface area contributed by atoms with Gasteiger partial charge in [-0.1, -0.05) is 12.1 Å². The standard InChI is InChI=1S/C21H25N3O5.CH2O2/c1-27-16-8-7-15(11-17(16)28-2)19-20(29-13-18(25)24-19)21(26)23-10-4-6-14-5-3-9-22-12-14;2-1-3/h3,5,7-9,11-12,19-20H,4,6,10,13H2,1-2H3,(H,23,26)(H,24,25);1H,(H,2,3)/t19-,20+;/m1./s1. The second kappa shape index (κ2) is 12.9. The van der Waals surface area contributed by atoms with Gasteiger partial charge in [0.25, 0.3) is 12.4 Å². The lowest BCUT2D eigenvalue weighted by molar-refractivity contribution is -0.148. The number of carboxylic acid groups (broad SMARTS) is 1. The monoisotopic (exact) mass is 445 g/mol. The van der Waals surface area contributed by atoms with Crippen LogP contribution in [0.1, 0.15) is 23.6 Å². The lowest BCUT2D eigenvalue weighted by Gasteiger charge is -2.32. The molecule has 10 heteroatoms.